The second-order valence-corrected chi connectivity index (χ2v) is 6.10. The smallest absolute Gasteiger partial charge is 0.159 e. The Morgan fingerprint density at radius 2 is 2.21 bits per heavy atom. The molecule has 0 bridgehead atoms. The number of aliphatic imine (C=N–C) groups is 1. The lowest BCUT2D eigenvalue weighted by atomic mass is 10.00. The van der Waals surface area contributed by atoms with Crippen molar-refractivity contribution in [3.05, 3.63) is 0 Å². The topological polar surface area (TPSA) is 15.6 Å². The summed E-state index contributed by atoms with van der Waals surface area (Å²) in [5.74, 6) is 0.908. The summed E-state index contributed by atoms with van der Waals surface area (Å²) in [5, 5.41) is 3.03. The fourth-order valence-corrected chi connectivity index (χ4v) is 3.45. The van der Waals surface area contributed by atoms with Crippen molar-refractivity contribution in [2.45, 2.75) is 25.0 Å². The van der Waals surface area contributed by atoms with Gasteiger partial charge in [-0.15, -0.1) is 0 Å². The second-order valence-electron chi connectivity index (χ2n) is 4.19. The van der Waals surface area contributed by atoms with Crippen molar-refractivity contribution in [2.24, 2.45) is 10.9 Å². The van der Waals surface area contributed by atoms with Gasteiger partial charge in [0, 0.05) is 23.7 Å². The van der Waals surface area contributed by atoms with E-state index in [1.54, 1.807) is 0 Å². The summed E-state index contributed by atoms with van der Waals surface area (Å²) in [4.78, 5) is 7.08. The highest BCUT2D eigenvalue weighted by molar-refractivity contribution is 9.09. The Hall–Kier alpha value is 0.300. The predicted octanol–water partition coefficient (Wildman–Crippen LogP) is 2.58. The maximum atomic E-state index is 4.61. The molecule has 0 radical (unpaired) electrons. The molecule has 4 heteroatoms. The van der Waals surface area contributed by atoms with E-state index in [0.717, 1.165) is 17.8 Å². The largest absolute Gasteiger partial charge is 0.351 e. The Labute approximate surface area is 98.7 Å². The summed E-state index contributed by atoms with van der Waals surface area (Å²) in [6, 6.07) is 0. The molecule has 2 aliphatic heterocycles. The maximum Gasteiger partial charge on any atom is 0.159 e. The van der Waals surface area contributed by atoms with Gasteiger partial charge >= 0.3 is 0 Å². The molecule has 1 atom stereocenters. The van der Waals surface area contributed by atoms with Gasteiger partial charge in [-0.2, -0.15) is 0 Å². The highest BCUT2D eigenvalue weighted by atomic mass is 79.9. The zero-order valence-electron chi connectivity index (χ0n) is 8.58. The first kappa shape index (κ1) is 10.8. The summed E-state index contributed by atoms with van der Waals surface area (Å²) >= 11 is 5.47. The van der Waals surface area contributed by atoms with E-state index >= 15 is 0 Å². The minimum absolute atomic E-state index is 0.671. The van der Waals surface area contributed by atoms with E-state index in [1.807, 2.05) is 11.8 Å². The van der Waals surface area contributed by atoms with Crippen molar-refractivity contribution in [1.82, 2.24) is 4.90 Å². The number of alkyl halides is 1. The maximum absolute atomic E-state index is 4.61. The van der Waals surface area contributed by atoms with Gasteiger partial charge in [-0.1, -0.05) is 34.6 Å². The van der Waals surface area contributed by atoms with Gasteiger partial charge in [0.15, 0.2) is 5.17 Å². The number of rotatable bonds is 1. The van der Waals surface area contributed by atoms with E-state index in [1.165, 1.54) is 31.1 Å². The molecule has 0 spiro atoms. The molecule has 2 nitrogen and oxygen atoms in total. The minimum Gasteiger partial charge on any atom is -0.351 e. The first-order valence-corrected chi connectivity index (χ1v) is 7.31. The van der Waals surface area contributed by atoms with Gasteiger partial charge in [0.1, 0.15) is 0 Å². The third kappa shape index (κ3) is 2.45. The van der Waals surface area contributed by atoms with Crippen molar-refractivity contribution in [1.29, 1.82) is 0 Å². The van der Waals surface area contributed by atoms with Gasteiger partial charge in [0.2, 0.25) is 0 Å². The molecule has 80 valence electrons. The second kappa shape index (κ2) is 4.88. The molecule has 2 heterocycles. The Morgan fingerprint density at radius 3 is 2.79 bits per heavy atom. The quantitative estimate of drug-likeness (QED) is 0.685. The number of thioether (sulfide) groups is 1. The van der Waals surface area contributed by atoms with Gasteiger partial charge in [-0.05, 0) is 18.8 Å². The number of likely N-dealkylation sites (tertiary alicyclic amines) is 1. The van der Waals surface area contributed by atoms with Crippen LogP contribution in [0.15, 0.2) is 4.99 Å². The first-order valence-electron chi connectivity index (χ1n) is 5.31. The molecule has 1 saturated heterocycles. The third-order valence-corrected chi connectivity index (χ3v) is 5.39. The van der Waals surface area contributed by atoms with E-state index in [0.29, 0.717) is 5.25 Å². The molecule has 0 aromatic heterocycles. The van der Waals surface area contributed by atoms with Crippen LogP contribution in [0.25, 0.3) is 0 Å². The van der Waals surface area contributed by atoms with Crippen LogP contribution in [0.1, 0.15) is 19.8 Å². The van der Waals surface area contributed by atoms with Crippen LogP contribution in [0, 0.1) is 5.92 Å². The van der Waals surface area contributed by atoms with Crippen molar-refractivity contribution in [3.63, 3.8) is 0 Å². The normalized spacial score (nSPS) is 29.4. The molecule has 0 aromatic carbocycles. The molecule has 1 unspecified atom stereocenters. The highest BCUT2D eigenvalue weighted by Crippen LogP contribution is 2.27. The molecule has 1 fully saturated rings. The molecule has 2 rings (SSSR count). The predicted molar refractivity (Wildman–Crippen MR) is 67.4 cm³/mol. The minimum atomic E-state index is 0.671. The molecule has 0 amide bonds. The average molecular weight is 277 g/mol. The summed E-state index contributed by atoms with van der Waals surface area (Å²) in [7, 11) is 0. The van der Waals surface area contributed by atoms with E-state index in [-0.39, 0.29) is 0 Å². The van der Waals surface area contributed by atoms with Crippen LogP contribution >= 0.6 is 27.7 Å². The van der Waals surface area contributed by atoms with Crippen molar-refractivity contribution in [3.8, 4) is 0 Å². The van der Waals surface area contributed by atoms with Gasteiger partial charge in [-0.25, -0.2) is 0 Å². The third-order valence-electron chi connectivity index (χ3n) is 2.93. The molecular weight excluding hydrogens is 260 g/mol. The molecule has 0 N–H and O–H groups in total. The van der Waals surface area contributed by atoms with Crippen molar-refractivity contribution in [2.75, 3.05) is 25.0 Å². The number of halogens is 1. The Morgan fingerprint density at radius 1 is 1.50 bits per heavy atom. The van der Waals surface area contributed by atoms with Gasteiger partial charge in [0.05, 0.1) is 6.54 Å². The standard InChI is InChI=1S/C10H17BrN2S/c1-8-2-4-13(5-3-8)10-12-7-9(6-11)14-10/h8-9H,2-7H2,1H3. The zero-order chi connectivity index (χ0) is 9.97. The van der Waals surface area contributed by atoms with Crippen molar-refractivity contribution < 1.29 is 0 Å². The lowest BCUT2D eigenvalue weighted by Gasteiger charge is -2.31. The van der Waals surface area contributed by atoms with Crippen LogP contribution in [-0.4, -0.2) is 40.3 Å². The van der Waals surface area contributed by atoms with Crippen molar-refractivity contribution >= 4 is 32.9 Å². The van der Waals surface area contributed by atoms with Crippen LogP contribution in [0.2, 0.25) is 0 Å². The SMILES string of the molecule is CC1CCN(C2=NCC(CBr)S2)CC1. The number of hydrogen-bond donors (Lipinski definition) is 0. The molecule has 14 heavy (non-hydrogen) atoms. The van der Waals surface area contributed by atoms with Gasteiger partial charge in [0.25, 0.3) is 0 Å². The number of nitrogens with zero attached hydrogens (tertiary/aromatic N) is 2. The van der Waals surface area contributed by atoms with Crippen LogP contribution in [0.3, 0.4) is 0 Å². The molecule has 0 aliphatic carbocycles. The first-order chi connectivity index (χ1) is 6.79. The lowest BCUT2D eigenvalue weighted by molar-refractivity contribution is 0.284. The van der Waals surface area contributed by atoms with E-state index in [4.69, 9.17) is 0 Å². The van der Waals surface area contributed by atoms with Crippen LogP contribution in [0.4, 0.5) is 0 Å². The van der Waals surface area contributed by atoms with E-state index < -0.39 is 0 Å². The number of piperidine rings is 1. The van der Waals surface area contributed by atoms with E-state index in [2.05, 4.69) is 32.7 Å². The van der Waals surface area contributed by atoms with Gasteiger partial charge < -0.3 is 4.90 Å². The van der Waals surface area contributed by atoms with Gasteiger partial charge in [-0.3, -0.25) is 4.99 Å². The number of hydrogen-bond acceptors (Lipinski definition) is 3. The summed E-state index contributed by atoms with van der Waals surface area (Å²) in [6.07, 6.45) is 2.66. The highest BCUT2D eigenvalue weighted by Gasteiger charge is 2.25. The molecular formula is C10H17BrN2S. The molecule has 0 aromatic rings. The Bertz CT molecular complexity index is 224. The summed E-state index contributed by atoms with van der Waals surface area (Å²) in [5.41, 5.74) is 0. The van der Waals surface area contributed by atoms with E-state index in [9.17, 15) is 0 Å². The van der Waals surface area contributed by atoms with Crippen LogP contribution < -0.4 is 0 Å². The summed E-state index contributed by atoms with van der Waals surface area (Å²) < 4.78 is 0. The fraction of sp³-hybridized carbons (Fsp3) is 0.900. The van der Waals surface area contributed by atoms with Crippen LogP contribution in [-0.2, 0) is 0 Å². The Kier molecular flexibility index (Phi) is 3.77. The average Bonchev–Trinajstić information content (AvgIpc) is 2.67. The Balaban J connectivity index is 1.85. The molecule has 0 saturated carbocycles. The lowest BCUT2D eigenvalue weighted by Crippen LogP contribution is -2.36. The number of amidine groups is 1. The summed E-state index contributed by atoms with van der Waals surface area (Å²) in [6.45, 7) is 5.77. The zero-order valence-corrected chi connectivity index (χ0v) is 11.0. The molecule has 2 aliphatic rings. The fourth-order valence-electron chi connectivity index (χ4n) is 1.86. The monoisotopic (exact) mass is 276 g/mol. The van der Waals surface area contributed by atoms with Crippen LogP contribution in [0.5, 0.6) is 0 Å².